The predicted molar refractivity (Wildman–Crippen MR) is 78.9 cm³/mol. The largest absolute Gasteiger partial charge is 0.405 e. The number of hydrogen-bond donors (Lipinski definition) is 2. The molecule has 2 heterocycles. The van der Waals surface area contributed by atoms with E-state index >= 15 is 0 Å². The van der Waals surface area contributed by atoms with Gasteiger partial charge in [0.25, 0.3) is 0 Å². The number of alkyl halides is 2. The fourth-order valence-electron chi connectivity index (χ4n) is 1.75. The third kappa shape index (κ3) is 4.88. The molecule has 0 radical (unpaired) electrons. The van der Waals surface area contributed by atoms with Crippen LogP contribution in [-0.2, 0) is 27.2 Å². The van der Waals surface area contributed by atoms with Crippen molar-refractivity contribution >= 4 is 38.7 Å². The molecule has 2 saturated heterocycles. The zero-order valence-corrected chi connectivity index (χ0v) is 14.6. The molecule has 2 fully saturated rings. The van der Waals surface area contributed by atoms with Gasteiger partial charge in [0.05, 0.1) is 31.8 Å². The van der Waals surface area contributed by atoms with Crippen LogP contribution in [0.2, 0.25) is 0 Å². The molecule has 0 unspecified atom stereocenters. The molecule has 0 aromatic rings. The molecule has 0 bridgehead atoms. The van der Waals surface area contributed by atoms with Gasteiger partial charge in [0.15, 0.2) is 0 Å². The molecule has 0 amide bonds. The molecule has 2 aliphatic heterocycles. The lowest BCUT2D eigenvalue weighted by molar-refractivity contribution is -0.0716. The van der Waals surface area contributed by atoms with Crippen LogP contribution >= 0.6 is 38.7 Å². The van der Waals surface area contributed by atoms with Gasteiger partial charge in [0.2, 0.25) is 0 Å². The molecule has 0 aromatic carbocycles. The summed E-state index contributed by atoms with van der Waals surface area (Å²) >= 11 is 11.0. The van der Waals surface area contributed by atoms with Crippen LogP contribution in [-0.4, -0.2) is 51.3 Å². The molecule has 124 valence electrons. The molecule has 12 heteroatoms. The summed E-state index contributed by atoms with van der Waals surface area (Å²) in [5, 5.41) is 5.26. The maximum absolute atomic E-state index is 12.1. The van der Waals surface area contributed by atoms with Crippen LogP contribution in [0, 0.1) is 5.41 Å². The van der Waals surface area contributed by atoms with E-state index in [0.717, 1.165) is 0 Å². The Hall–Kier alpha value is 0.800. The maximum atomic E-state index is 12.1. The quantitative estimate of drug-likeness (QED) is 0.531. The Kier molecular flexibility index (Phi) is 6.55. The molecule has 2 aliphatic rings. The van der Waals surface area contributed by atoms with Crippen LogP contribution in [0.4, 0.5) is 0 Å². The van der Waals surface area contributed by atoms with Crippen molar-refractivity contribution in [1.29, 1.82) is 0 Å². The van der Waals surface area contributed by atoms with Gasteiger partial charge in [0, 0.05) is 24.8 Å². The lowest BCUT2D eigenvalue weighted by Crippen LogP contribution is -2.47. The monoisotopic (exact) mass is 382 g/mol. The summed E-state index contributed by atoms with van der Waals surface area (Å²) in [6.07, 6.45) is 0. The van der Waals surface area contributed by atoms with E-state index in [4.69, 9.17) is 41.3 Å². The topological polar surface area (TPSA) is 95.1 Å². The number of rotatable bonds is 6. The summed E-state index contributed by atoms with van der Waals surface area (Å²) in [5.74, 6) is 0.590. The third-order valence-corrected chi connectivity index (χ3v) is 6.44. The summed E-state index contributed by atoms with van der Waals surface area (Å²) in [6, 6.07) is 0. The van der Waals surface area contributed by atoms with Crippen molar-refractivity contribution in [2.45, 2.75) is 0 Å². The van der Waals surface area contributed by atoms with E-state index in [1.807, 2.05) is 0 Å². The first-order chi connectivity index (χ1) is 9.95. The highest BCUT2D eigenvalue weighted by Crippen LogP contribution is 2.55. The predicted octanol–water partition coefficient (Wildman–Crippen LogP) is 1.94. The van der Waals surface area contributed by atoms with Gasteiger partial charge >= 0.3 is 15.5 Å². The molecule has 0 atom stereocenters. The summed E-state index contributed by atoms with van der Waals surface area (Å²) in [6.45, 7) is 1.11. The summed E-state index contributed by atoms with van der Waals surface area (Å²) in [5.41, 5.74) is -0.618. The smallest absolute Gasteiger partial charge is 0.296 e. The third-order valence-electron chi connectivity index (χ3n) is 2.96. The SMILES string of the molecule is O=P1(NCCCl)OCC2(CO1)COP(=O)(NCCCl)OC2. The zero-order chi connectivity index (χ0) is 15.4. The second-order valence-corrected chi connectivity index (χ2v) is 9.19. The molecule has 0 aromatic heterocycles. The average Bonchev–Trinajstić information content (AvgIpc) is 2.50. The van der Waals surface area contributed by atoms with E-state index in [1.54, 1.807) is 0 Å². The standard InChI is InChI=1S/C9H18Cl2N2O6P2/c10-1-3-12-20(14)16-5-9(6-17-20)7-18-21(15,19-8-9)13-4-2-11/h1-8H2,(H,12,14)(H,13,15). The maximum Gasteiger partial charge on any atom is 0.405 e. The first-order valence-corrected chi connectivity index (χ1v) is 10.5. The molecule has 0 aliphatic carbocycles. The van der Waals surface area contributed by atoms with Gasteiger partial charge in [-0.3, -0.25) is 18.1 Å². The molecule has 21 heavy (non-hydrogen) atoms. The second kappa shape index (κ2) is 7.58. The van der Waals surface area contributed by atoms with E-state index in [9.17, 15) is 9.13 Å². The highest BCUT2D eigenvalue weighted by Gasteiger charge is 2.48. The van der Waals surface area contributed by atoms with Crippen LogP contribution in [0.15, 0.2) is 0 Å². The molecule has 2 rings (SSSR count). The Morgan fingerprint density at radius 1 is 0.810 bits per heavy atom. The van der Waals surface area contributed by atoms with Crippen LogP contribution in [0.1, 0.15) is 0 Å². The van der Waals surface area contributed by atoms with E-state index < -0.39 is 20.9 Å². The van der Waals surface area contributed by atoms with Crippen LogP contribution in [0.3, 0.4) is 0 Å². The summed E-state index contributed by atoms with van der Waals surface area (Å²) < 4.78 is 45.3. The van der Waals surface area contributed by atoms with E-state index in [2.05, 4.69) is 10.2 Å². The van der Waals surface area contributed by atoms with Crippen molar-refractivity contribution < 1.29 is 27.2 Å². The molecule has 2 N–H and O–H groups in total. The fourth-order valence-corrected chi connectivity index (χ4v) is 5.27. The normalized spacial score (nSPS) is 40.5. The fraction of sp³-hybridized carbons (Fsp3) is 1.00. The van der Waals surface area contributed by atoms with Crippen LogP contribution in [0.25, 0.3) is 0 Å². The molecule has 0 saturated carbocycles. The lowest BCUT2D eigenvalue weighted by atomic mass is 9.93. The van der Waals surface area contributed by atoms with Gasteiger partial charge in [-0.15, -0.1) is 23.2 Å². The average molecular weight is 383 g/mol. The molecular formula is C9H18Cl2N2O6P2. The minimum absolute atomic E-state index is 0.120. The van der Waals surface area contributed by atoms with E-state index in [-0.39, 0.29) is 26.4 Å². The molecule has 8 nitrogen and oxygen atoms in total. The highest BCUT2D eigenvalue weighted by molar-refractivity contribution is 7.52. The number of hydrogen-bond acceptors (Lipinski definition) is 6. The van der Waals surface area contributed by atoms with E-state index in [1.165, 1.54) is 0 Å². The van der Waals surface area contributed by atoms with Crippen molar-refractivity contribution in [3.05, 3.63) is 0 Å². The van der Waals surface area contributed by atoms with Crippen LogP contribution < -0.4 is 10.2 Å². The van der Waals surface area contributed by atoms with Crippen LogP contribution in [0.5, 0.6) is 0 Å². The van der Waals surface area contributed by atoms with Gasteiger partial charge in [0.1, 0.15) is 0 Å². The number of nitrogens with one attached hydrogen (secondary N) is 2. The second-order valence-electron chi connectivity index (χ2n) is 4.78. The van der Waals surface area contributed by atoms with Crippen molar-refractivity contribution in [3.63, 3.8) is 0 Å². The van der Waals surface area contributed by atoms with Gasteiger partial charge in [-0.1, -0.05) is 0 Å². The van der Waals surface area contributed by atoms with Crippen molar-refractivity contribution in [1.82, 2.24) is 10.2 Å². The van der Waals surface area contributed by atoms with Gasteiger partial charge < -0.3 is 0 Å². The first-order valence-electron chi connectivity index (χ1n) is 6.35. The van der Waals surface area contributed by atoms with Gasteiger partial charge in [-0.05, 0) is 0 Å². The Morgan fingerprint density at radius 3 is 1.43 bits per heavy atom. The van der Waals surface area contributed by atoms with Gasteiger partial charge in [-0.25, -0.2) is 19.3 Å². The Morgan fingerprint density at radius 2 is 1.14 bits per heavy atom. The molecule has 1 spiro atoms. The van der Waals surface area contributed by atoms with Gasteiger partial charge in [-0.2, -0.15) is 0 Å². The Labute approximate surface area is 133 Å². The number of halogens is 2. The minimum atomic E-state index is -3.32. The van der Waals surface area contributed by atoms with E-state index in [0.29, 0.717) is 24.8 Å². The minimum Gasteiger partial charge on any atom is -0.296 e. The summed E-state index contributed by atoms with van der Waals surface area (Å²) in [7, 11) is -6.64. The highest BCUT2D eigenvalue weighted by atomic mass is 35.5. The van der Waals surface area contributed by atoms with Crippen molar-refractivity contribution in [3.8, 4) is 0 Å². The Balaban J connectivity index is 1.85. The lowest BCUT2D eigenvalue weighted by Gasteiger charge is -2.42. The first kappa shape index (κ1) is 18.1. The Bertz CT molecular complexity index is 386. The molecular weight excluding hydrogens is 365 g/mol. The van der Waals surface area contributed by atoms with Crippen molar-refractivity contribution in [2.24, 2.45) is 5.41 Å². The summed E-state index contributed by atoms with van der Waals surface area (Å²) in [4.78, 5) is 0. The zero-order valence-electron chi connectivity index (χ0n) is 11.3. The van der Waals surface area contributed by atoms with Crippen molar-refractivity contribution in [2.75, 3.05) is 51.3 Å².